The number of carbonyl (C=O) groups excluding carboxylic acids is 2. The number of likely N-dealkylation sites (tertiary alicyclic amines) is 1. The molecule has 1 aliphatic carbocycles. The summed E-state index contributed by atoms with van der Waals surface area (Å²) in [4.78, 5) is 37.3. The summed E-state index contributed by atoms with van der Waals surface area (Å²) < 4.78 is 5.53. The Morgan fingerprint density at radius 1 is 1.09 bits per heavy atom. The van der Waals surface area contributed by atoms with Crippen LogP contribution in [0.25, 0.3) is 11.1 Å². The number of fused-ring (bicyclic) bond motifs is 3. The maximum absolute atomic E-state index is 12.4. The number of rotatable bonds is 8. The van der Waals surface area contributed by atoms with Crippen molar-refractivity contribution in [2.24, 2.45) is 5.92 Å². The Kier molecular flexibility index (Phi) is 7.17. The summed E-state index contributed by atoms with van der Waals surface area (Å²) in [6.45, 7) is 2.53. The molecule has 2 aromatic carbocycles. The fourth-order valence-electron chi connectivity index (χ4n) is 4.85. The number of carboxylic acid groups (broad SMARTS) is 1. The van der Waals surface area contributed by atoms with E-state index in [9.17, 15) is 24.6 Å². The van der Waals surface area contributed by atoms with Gasteiger partial charge in [0.15, 0.2) is 0 Å². The van der Waals surface area contributed by atoms with Crippen LogP contribution in [0.3, 0.4) is 0 Å². The van der Waals surface area contributed by atoms with E-state index in [4.69, 9.17) is 4.74 Å². The second-order valence-electron chi connectivity index (χ2n) is 9.14. The molecule has 1 saturated heterocycles. The number of nitrogens with one attached hydrogen (secondary N) is 1. The van der Waals surface area contributed by atoms with Crippen LogP contribution in [0.15, 0.2) is 48.5 Å². The minimum atomic E-state index is -1.10. The van der Waals surface area contributed by atoms with Crippen LogP contribution in [-0.2, 0) is 14.3 Å². The zero-order valence-electron chi connectivity index (χ0n) is 19.1. The Labute approximate surface area is 198 Å². The minimum Gasteiger partial charge on any atom is -0.480 e. The lowest BCUT2D eigenvalue weighted by Crippen LogP contribution is -2.40. The molecule has 3 N–H and O–H groups in total. The Morgan fingerprint density at radius 2 is 1.71 bits per heavy atom. The number of aliphatic carboxylic acids is 1. The lowest BCUT2D eigenvalue weighted by atomic mass is 9.98. The Balaban J connectivity index is 1.23. The summed E-state index contributed by atoms with van der Waals surface area (Å²) in [5.74, 6) is -1.40. The van der Waals surface area contributed by atoms with Crippen molar-refractivity contribution in [3.05, 3.63) is 59.7 Å². The number of ether oxygens (including phenoxy) is 1. The van der Waals surface area contributed by atoms with Gasteiger partial charge in [0.05, 0.1) is 6.10 Å². The predicted octanol–water partition coefficient (Wildman–Crippen LogP) is 2.99. The molecule has 4 rings (SSSR count). The SMILES string of the molecule is CC(CCC(=O)N1C[C@H](O)C[C@H]1C(=O)O)CNC(=O)OCC1c2ccccc2-c2ccccc21. The van der Waals surface area contributed by atoms with Gasteiger partial charge in [-0.15, -0.1) is 0 Å². The third-order valence-electron chi connectivity index (χ3n) is 6.67. The second-order valence-corrected chi connectivity index (χ2v) is 9.14. The first kappa shape index (κ1) is 23.8. The van der Waals surface area contributed by atoms with Crippen LogP contribution < -0.4 is 5.32 Å². The van der Waals surface area contributed by atoms with E-state index in [0.29, 0.717) is 13.0 Å². The average molecular weight is 467 g/mol. The molecule has 1 heterocycles. The smallest absolute Gasteiger partial charge is 0.407 e. The normalized spacial score (nSPS) is 19.9. The largest absolute Gasteiger partial charge is 0.480 e. The highest BCUT2D eigenvalue weighted by molar-refractivity contribution is 5.84. The molecule has 8 nitrogen and oxygen atoms in total. The average Bonchev–Trinajstić information content (AvgIpc) is 3.38. The minimum absolute atomic E-state index is 0.000220. The lowest BCUT2D eigenvalue weighted by Gasteiger charge is -2.22. The molecule has 1 unspecified atom stereocenters. The number of β-amino-alcohol motifs (C(OH)–C–C–N with tert-alkyl or cyclic N) is 1. The number of hydrogen-bond acceptors (Lipinski definition) is 5. The third kappa shape index (κ3) is 5.07. The molecule has 2 aromatic rings. The van der Waals surface area contributed by atoms with E-state index in [1.165, 1.54) is 16.0 Å². The van der Waals surface area contributed by atoms with Gasteiger partial charge in [-0.05, 0) is 34.6 Å². The van der Waals surface area contributed by atoms with Crippen LogP contribution in [-0.4, -0.2) is 64.9 Å². The third-order valence-corrected chi connectivity index (χ3v) is 6.67. The maximum atomic E-state index is 12.4. The molecule has 34 heavy (non-hydrogen) atoms. The van der Waals surface area contributed by atoms with E-state index in [2.05, 4.69) is 29.6 Å². The molecule has 2 aliphatic rings. The Morgan fingerprint density at radius 3 is 2.32 bits per heavy atom. The molecule has 1 aliphatic heterocycles. The van der Waals surface area contributed by atoms with Crippen molar-refractivity contribution in [1.29, 1.82) is 0 Å². The van der Waals surface area contributed by atoms with Crippen LogP contribution in [0.5, 0.6) is 0 Å². The first-order chi connectivity index (χ1) is 16.3. The summed E-state index contributed by atoms with van der Waals surface area (Å²) in [7, 11) is 0. The zero-order valence-corrected chi connectivity index (χ0v) is 19.1. The van der Waals surface area contributed by atoms with E-state index >= 15 is 0 Å². The van der Waals surface area contributed by atoms with Gasteiger partial charge in [0, 0.05) is 31.8 Å². The number of amides is 2. The number of aliphatic hydroxyl groups is 1. The molecular formula is C26H30N2O6. The standard InChI is InChI=1S/C26H30N2O6/c1-16(10-11-24(30)28-14-17(29)12-23(28)25(31)32)13-27-26(33)34-15-22-20-8-4-2-6-18(20)19-7-3-5-9-21(19)22/h2-9,16-17,22-23,29H,10-15H2,1H3,(H,27,33)(H,31,32)/t16?,17-,23+/m1/s1. The summed E-state index contributed by atoms with van der Waals surface area (Å²) >= 11 is 0. The molecule has 3 atom stereocenters. The van der Waals surface area contributed by atoms with Gasteiger partial charge in [0.2, 0.25) is 5.91 Å². The van der Waals surface area contributed by atoms with E-state index < -0.39 is 24.2 Å². The van der Waals surface area contributed by atoms with Gasteiger partial charge in [0.1, 0.15) is 12.6 Å². The Bertz CT molecular complexity index is 1030. The van der Waals surface area contributed by atoms with Crippen molar-refractivity contribution >= 4 is 18.0 Å². The molecule has 0 aromatic heterocycles. The molecule has 0 bridgehead atoms. The van der Waals surface area contributed by atoms with Gasteiger partial charge in [0.25, 0.3) is 0 Å². The van der Waals surface area contributed by atoms with E-state index in [1.807, 2.05) is 31.2 Å². The molecule has 1 fully saturated rings. The van der Waals surface area contributed by atoms with Crippen LogP contribution in [0.4, 0.5) is 4.79 Å². The molecule has 0 spiro atoms. The summed E-state index contributed by atoms with van der Waals surface area (Å²) in [5.41, 5.74) is 4.63. The molecule has 2 amide bonds. The van der Waals surface area contributed by atoms with Gasteiger partial charge in [-0.1, -0.05) is 55.5 Å². The van der Waals surface area contributed by atoms with Gasteiger partial charge < -0.3 is 25.2 Å². The van der Waals surface area contributed by atoms with E-state index in [1.54, 1.807) is 0 Å². The quantitative estimate of drug-likeness (QED) is 0.551. The molecule has 180 valence electrons. The van der Waals surface area contributed by atoms with E-state index in [-0.39, 0.29) is 43.7 Å². The highest BCUT2D eigenvalue weighted by atomic mass is 16.5. The van der Waals surface area contributed by atoms with Crippen molar-refractivity contribution < 1.29 is 29.3 Å². The van der Waals surface area contributed by atoms with Crippen LogP contribution in [0, 0.1) is 5.92 Å². The fraction of sp³-hybridized carbons (Fsp3) is 0.423. The van der Waals surface area contributed by atoms with Gasteiger partial charge >= 0.3 is 12.1 Å². The number of hydrogen-bond donors (Lipinski definition) is 3. The monoisotopic (exact) mass is 466 g/mol. The molecule has 0 radical (unpaired) electrons. The predicted molar refractivity (Wildman–Crippen MR) is 125 cm³/mol. The van der Waals surface area contributed by atoms with Crippen LogP contribution in [0.2, 0.25) is 0 Å². The maximum Gasteiger partial charge on any atom is 0.407 e. The number of aliphatic hydroxyl groups excluding tert-OH is 1. The zero-order chi connectivity index (χ0) is 24.2. The van der Waals surface area contributed by atoms with Crippen molar-refractivity contribution in [3.63, 3.8) is 0 Å². The highest BCUT2D eigenvalue weighted by Gasteiger charge is 2.38. The van der Waals surface area contributed by atoms with Crippen LogP contribution >= 0.6 is 0 Å². The summed E-state index contributed by atoms with van der Waals surface area (Å²) in [5, 5.41) is 21.7. The lowest BCUT2D eigenvalue weighted by molar-refractivity contribution is -0.148. The molecule has 0 saturated carbocycles. The van der Waals surface area contributed by atoms with Gasteiger partial charge in [-0.2, -0.15) is 0 Å². The molecule has 8 heteroatoms. The van der Waals surface area contributed by atoms with Crippen molar-refractivity contribution in [2.45, 2.75) is 44.2 Å². The number of carboxylic acids is 1. The van der Waals surface area contributed by atoms with Gasteiger partial charge in [-0.3, -0.25) is 4.79 Å². The second kappa shape index (κ2) is 10.3. The van der Waals surface area contributed by atoms with Gasteiger partial charge in [-0.25, -0.2) is 9.59 Å². The van der Waals surface area contributed by atoms with Crippen LogP contribution in [0.1, 0.15) is 43.2 Å². The van der Waals surface area contributed by atoms with E-state index in [0.717, 1.165) is 11.1 Å². The highest BCUT2D eigenvalue weighted by Crippen LogP contribution is 2.44. The molecular weight excluding hydrogens is 436 g/mol. The number of nitrogens with zero attached hydrogens (tertiary/aromatic N) is 1. The number of alkyl carbamates (subject to hydrolysis) is 1. The number of carbonyl (C=O) groups is 3. The first-order valence-electron chi connectivity index (χ1n) is 11.6. The Hall–Kier alpha value is -3.39. The topological polar surface area (TPSA) is 116 Å². The fourth-order valence-corrected chi connectivity index (χ4v) is 4.85. The van der Waals surface area contributed by atoms with Crippen molar-refractivity contribution in [1.82, 2.24) is 10.2 Å². The van der Waals surface area contributed by atoms with Crippen molar-refractivity contribution in [3.8, 4) is 11.1 Å². The summed E-state index contributed by atoms with van der Waals surface area (Å²) in [6, 6.07) is 15.3. The van der Waals surface area contributed by atoms with Crippen molar-refractivity contribution in [2.75, 3.05) is 19.7 Å². The first-order valence-corrected chi connectivity index (χ1v) is 11.6. The summed E-state index contributed by atoms with van der Waals surface area (Å²) in [6.07, 6.45) is -0.614. The number of benzene rings is 2.